The van der Waals surface area contributed by atoms with Gasteiger partial charge in [-0.3, -0.25) is 9.59 Å². The lowest BCUT2D eigenvalue weighted by molar-refractivity contribution is -0.127. The molecule has 5 aliphatic carbocycles. The Morgan fingerprint density at radius 2 is 1.80 bits per heavy atom. The minimum absolute atomic E-state index is 0.0539. The van der Waals surface area contributed by atoms with Gasteiger partial charge < -0.3 is 0 Å². The fourth-order valence-electron chi connectivity index (χ4n) is 6.81. The summed E-state index contributed by atoms with van der Waals surface area (Å²) in [7, 11) is 0. The van der Waals surface area contributed by atoms with Crippen LogP contribution < -0.4 is 0 Å². The predicted molar refractivity (Wildman–Crippen MR) is 97.9 cm³/mol. The second kappa shape index (κ2) is 4.52. The normalized spacial score (nSPS) is 42.6. The van der Waals surface area contributed by atoms with Crippen LogP contribution >= 0.6 is 0 Å². The Morgan fingerprint density at radius 3 is 2.60 bits per heavy atom. The Morgan fingerprint density at radius 1 is 1.00 bits per heavy atom. The number of ketones is 2. The maximum absolute atomic E-state index is 13.0. The van der Waals surface area contributed by atoms with Gasteiger partial charge in [0.05, 0.1) is 5.41 Å². The Hall–Kier alpha value is -1.70. The Balaban J connectivity index is 1.71. The van der Waals surface area contributed by atoms with E-state index in [1.54, 1.807) is 0 Å². The van der Waals surface area contributed by atoms with Crippen molar-refractivity contribution in [1.29, 1.82) is 0 Å². The smallest absolute Gasteiger partial charge is 0.156 e. The highest BCUT2D eigenvalue weighted by Crippen LogP contribution is 2.70. The number of hydrogen-bond acceptors (Lipinski definition) is 2. The maximum Gasteiger partial charge on any atom is 0.156 e. The fraction of sp³-hybridized carbons (Fsp3) is 0.565. The van der Waals surface area contributed by atoms with Gasteiger partial charge in [0.2, 0.25) is 0 Å². The van der Waals surface area contributed by atoms with E-state index in [4.69, 9.17) is 0 Å². The molecule has 0 N–H and O–H groups in total. The standard InChI is InChI=1S/C23H26O2/c1-14-12-16-17(22(3)10-4-15(24)13-19(14)22)6-11-23-18(16)5-8-21(23,2)9-7-20(23)25/h5,13H,1,4,6-12H2,2-3H3/t21-,22?,23+/m0/s1. The van der Waals surface area contributed by atoms with E-state index in [1.165, 1.54) is 16.7 Å². The first-order valence-electron chi connectivity index (χ1n) is 9.72. The highest BCUT2D eigenvalue weighted by atomic mass is 16.1. The number of allylic oxidation sites excluding steroid dienone is 7. The van der Waals surface area contributed by atoms with E-state index >= 15 is 0 Å². The lowest BCUT2D eigenvalue weighted by Gasteiger charge is -2.51. The molecule has 0 saturated heterocycles. The zero-order valence-electron chi connectivity index (χ0n) is 15.3. The van der Waals surface area contributed by atoms with Crippen molar-refractivity contribution in [3.05, 3.63) is 46.6 Å². The molecule has 130 valence electrons. The predicted octanol–water partition coefficient (Wildman–Crippen LogP) is 5.02. The van der Waals surface area contributed by atoms with Crippen LogP contribution in [0.2, 0.25) is 0 Å². The molecule has 1 spiro atoms. The van der Waals surface area contributed by atoms with Crippen molar-refractivity contribution in [1.82, 2.24) is 0 Å². The molecular formula is C23H26O2. The molecular weight excluding hydrogens is 308 g/mol. The van der Waals surface area contributed by atoms with Gasteiger partial charge in [0.25, 0.3) is 0 Å². The molecule has 3 atom stereocenters. The molecule has 2 nitrogen and oxygen atoms in total. The molecule has 0 aromatic rings. The molecule has 25 heavy (non-hydrogen) atoms. The van der Waals surface area contributed by atoms with Crippen molar-refractivity contribution in [2.75, 3.05) is 0 Å². The molecule has 0 aromatic heterocycles. The molecule has 0 bridgehead atoms. The van der Waals surface area contributed by atoms with Crippen LogP contribution in [0.1, 0.15) is 65.2 Å². The van der Waals surface area contributed by atoms with Crippen LogP contribution in [-0.2, 0) is 9.59 Å². The summed E-state index contributed by atoms with van der Waals surface area (Å²) in [6, 6.07) is 0. The van der Waals surface area contributed by atoms with E-state index in [0.717, 1.165) is 56.1 Å². The Kier molecular flexibility index (Phi) is 2.81. The van der Waals surface area contributed by atoms with E-state index in [0.29, 0.717) is 12.2 Å². The monoisotopic (exact) mass is 334 g/mol. The van der Waals surface area contributed by atoms with Crippen LogP contribution in [-0.4, -0.2) is 11.6 Å². The number of fused-ring (bicyclic) bond motifs is 3. The average molecular weight is 334 g/mol. The van der Waals surface area contributed by atoms with Gasteiger partial charge in [-0.15, -0.1) is 0 Å². The summed E-state index contributed by atoms with van der Waals surface area (Å²) < 4.78 is 0. The molecule has 1 saturated carbocycles. The molecule has 0 amide bonds. The van der Waals surface area contributed by atoms with Crippen molar-refractivity contribution in [3.63, 3.8) is 0 Å². The van der Waals surface area contributed by atoms with Gasteiger partial charge in [0.15, 0.2) is 5.78 Å². The van der Waals surface area contributed by atoms with Crippen molar-refractivity contribution in [3.8, 4) is 0 Å². The SMILES string of the molecule is C=C1CC2=C(CC[C@@]34C(=O)CC[C@]3(C)CC=C24)C2(C)CCC(=O)C=C12. The summed E-state index contributed by atoms with van der Waals surface area (Å²) in [6.45, 7) is 8.97. The van der Waals surface area contributed by atoms with Gasteiger partial charge in [-0.2, -0.15) is 0 Å². The van der Waals surface area contributed by atoms with Crippen LogP contribution in [0, 0.1) is 16.2 Å². The second-order valence-corrected chi connectivity index (χ2v) is 9.30. The van der Waals surface area contributed by atoms with Gasteiger partial charge in [-0.1, -0.05) is 32.1 Å². The number of Topliss-reactive ketones (excluding diaryl/α,β-unsaturated/α-hetero) is 1. The number of carbonyl (C=O) groups is 2. The third kappa shape index (κ3) is 1.62. The number of carbonyl (C=O) groups excluding carboxylic acids is 2. The molecule has 5 aliphatic rings. The number of rotatable bonds is 0. The summed E-state index contributed by atoms with van der Waals surface area (Å²) in [5.41, 5.74) is 6.35. The third-order valence-corrected chi connectivity index (χ3v) is 8.27. The van der Waals surface area contributed by atoms with E-state index < -0.39 is 0 Å². The fourth-order valence-corrected chi connectivity index (χ4v) is 6.81. The molecule has 0 radical (unpaired) electrons. The van der Waals surface area contributed by atoms with Crippen LogP contribution in [0.25, 0.3) is 0 Å². The quantitative estimate of drug-likeness (QED) is 0.623. The molecule has 0 aliphatic heterocycles. The Labute approximate surface area is 149 Å². The molecule has 0 heterocycles. The van der Waals surface area contributed by atoms with Crippen molar-refractivity contribution < 1.29 is 9.59 Å². The highest BCUT2D eigenvalue weighted by molar-refractivity contribution is 5.95. The van der Waals surface area contributed by atoms with Gasteiger partial charge in [0.1, 0.15) is 5.78 Å². The van der Waals surface area contributed by atoms with Crippen LogP contribution in [0.5, 0.6) is 0 Å². The first-order valence-corrected chi connectivity index (χ1v) is 9.72. The summed E-state index contributed by atoms with van der Waals surface area (Å²) in [6.07, 6.45) is 11.4. The first-order chi connectivity index (χ1) is 11.8. The zero-order valence-corrected chi connectivity index (χ0v) is 15.3. The number of hydrogen-bond donors (Lipinski definition) is 0. The van der Waals surface area contributed by atoms with Crippen molar-refractivity contribution >= 4 is 11.6 Å². The summed E-state index contributed by atoms with van der Waals surface area (Å²) in [4.78, 5) is 25.0. The highest BCUT2D eigenvalue weighted by Gasteiger charge is 2.64. The van der Waals surface area contributed by atoms with E-state index in [2.05, 4.69) is 26.5 Å². The molecule has 0 aromatic carbocycles. The summed E-state index contributed by atoms with van der Waals surface area (Å²) in [5, 5.41) is 0. The van der Waals surface area contributed by atoms with Gasteiger partial charge in [0, 0.05) is 18.3 Å². The minimum atomic E-state index is -0.228. The summed E-state index contributed by atoms with van der Waals surface area (Å²) >= 11 is 0. The summed E-state index contributed by atoms with van der Waals surface area (Å²) in [5.74, 6) is 0.713. The molecule has 5 rings (SSSR count). The molecule has 2 heteroatoms. The largest absolute Gasteiger partial charge is 0.299 e. The van der Waals surface area contributed by atoms with Crippen LogP contribution in [0.3, 0.4) is 0 Å². The van der Waals surface area contributed by atoms with E-state index in [9.17, 15) is 9.59 Å². The maximum atomic E-state index is 13.0. The Bertz CT molecular complexity index is 851. The van der Waals surface area contributed by atoms with Crippen molar-refractivity contribution in [2.45, 2.75) is 65.2 Å². The molecule has 1 fully saturated rings. The first kappa shape index (κ1) is 15.5. The van der Waals surface area contributed by atoms with Crippen molar-refractivity contribution in [2.24, 2.45) is 16.2 Å². The van der Waals surface area contributed by atoms with Gasteiger partial charge in [-0.05, 0) is 72.3 Å². The third-order valence-electron chi connectivity index (χ3n) is 8.27. The minimum Gasteiger partial charge on any atom is -0.299 e. The second-order valence-electron chi connectivity index (χ2n) is 9.30. The van der Waals surface area contributed by atoms with Crippen LogP contribution in [0.4, 0.5) is 0 Å². The lowest BCUT2D eigenvalue weighted by Crippen LogP contribution is -2.44. The lowest BCUT2D eigenvalue weighted by atomic mass is 9.52. The van der Waals surface area contributed by atoms with Gasteiger partial charge >= 0.3 is 0 Å². The van der Waals surface area contributed by atoms with Gasteiger partial charge in [-0.25, -0.2) is 0 Å². The zero-order chi connectivity index (χ0) is 17.6. The average Bonchev–Trinajstić information content (AvgIpc) is 3.01. The van der Waals surface area contributed by atoms with E-state index in [1.807, 2.05) is 6.08 Å². The topological polar surface area (TPSA) is 34.1 Å². The van der Waals surface area contributed by atoms with E-state index in [-0.39, 0.29) is 22.0 Å². The molecule has 1 unspecified atom stereocenters. The van der Waals surface area contributed by atoms with Crippen LogP contribution in [0.15, 0.2) is 46.6 Å².